The number of carbonyl (C=O) groups is 1. The Hall–Kier alpha value is -0.220. The molecule has 0 aromatic heterocycles. The van der Waals surface area contributed by atoms with Gasteiger partial charge in [-0.3, -0.25) is 4.79 Å². The fourth-order valence-corrected chi connectivity index (χ4v) is 5.39. The maximum atomic E-state index is 11.7. The molecular formula is C22H41O4PS. The van der Waals surface area contributed by atoms with Gasteiger partial charge in [0.05, 0.1) is 6.10 Å². The molecule has 2 atom stereocenters. The SMILES string of the molecule is CCCCCCCC/C=C\CCCCCCCC(=O)OCC1CCP(O)(=S)O1. The summed E-state index contributed by atoms with van der Waals surface area (Å²) in [6, 6.07) is 0. The van der Waals surface area contributed by atoms with E-state index in [0.717, 1.165) is 12.8 Å². The lowest BCUT2D eigenvalue weighted by Gasteiger charge is -2.12. The van der Waals surface area contributed by atoms with Crippen LogP contribution in [-0.2, 0) is 25.9 Å². The van der Waals surface area contributed by atoms with E-state index in [4.69, 9.17) is 21.1 Å². The first kappa shape index (κ1) is 25.8. The Labute approximate surface area is 177 Å². The number of unbranched alkanes of at least 4 members (excludes halogenated alkanes) is 11. The van der Waals surface area contributed by atoms with Gasteiger partial charge in [0, 0.05) is 12.6 Å². The summed E-state index contributed by atoms with van der Waals surface area (Å²) < 4.78 is 10.6. The second-order valence-corrected chi connectivity index (χ2v) is 11.5. The summed E-state index contributed by atoms with van der Waals surface area (Å²) in [5.74, 6) is -0.167. The van der Waals surface area contributed by atoms with E-state index in [1.54, 1.807) is 0 Å². The molecule has 0 amide bonds. The van der Waals surface area contributed by atoms with Gasteiger partial charge in [-0.25, -0.2) is 0 Å². The molecule has 28 heavy (non-hydrogen) atoms. The topological polar surface area (TPSA) is 55.8 Å². The number of esters is 1. The molecule has 0 radical (unpaired) electrons. The van der Waals surface area contributed by atoms with E-state index in [1.807, 2.05) is 0 Å². The number of allylic oxidation sites excluding steroid dienone is 2. The Kier molecular flexibility index (Phi) is 15.3. The fourth-order valence-electron chi connectivity index (χ4n) is 3.36. The van der Waals surface area contributed by atoms with Gasteiger partial charge in [-0.05, 0) is 50.3 Å². The first-order valence-corrected chi connectivity index (χ1v) is 14.2. The molecule has 0 aliphatic carbocycles. The summed E-state index contributed by atoms with van der Waals surface area (Å²) in [5, 5.41) is 0. The number of ether oxygens (including phenoxy) is 1. The van der Waals surface area contributed by atoms with Gasteiger partial charge in [0.1, 0.15) is 6.61 Å². The molecule has 1 fully saturated rings. The molecule has 0 aromatic carbocycles. The van der Waals surface area contributed by atoms with Crippen molar-refractivity contribution in [2.75, 3.05) is 12.8 Å². The Balaban J connectivity index is 1.81. The van der Waals surface area contributed by atoms with E-state index < -0.39 is 6.49 Å². The minimum Gasteiger partial charge on any atom is -0.463 e. The van der Waals surface area contributed by atoms with Gasteiger partial charge in [0.2, 0.25) is 0 Å². The van der Waals surface area contributed by atoms with Crippen LogP contribution in [0.3, 0.4) is 0 Å². The van der Waals surface area contributed by atoms with Crippen molar-refractivity contribution < 1.29 is 18.9 Å². The quantitative estimate of drug-likeness (QED) is 0.121. The first-order valence-electron chi connectivity index (χ1n) is 11.3. The van der Waals surface area contributed by atoms with Crippen LogP contribution in [-0.4, -0.2) is 29.7 Å². The molecule has 1 saturated heterocycles. The normalized spacial score (nSPS) is 22.1. The lowest BCUT2D eigenvalue weighted by Crippen LogP contribution is -2.17. The molecule has 0 aromatic rings. The Morgan fingerprint density at radius 1 is 1.04 bits per heavy atom. The molecule has 1 N–H and O–H groups in total. The zero-order valence-electron chi connectivity index (χ0n) is 17.8. The number of rotatable bonds is 17. The van der Waals surface area contributed by atoms with Crippen molar-refractivity contribution in [1.82, 2.24) is 0 Å². The molecule has 0 bridgehead atoms. The lowest BCUT2D eigenvalue weighted by molar-refractivity contribution is -0.146. The molecule has 1 rings (SSSR count). The van der Waals surface area contributed by atoms with Crippen LogP contribution >= 0.6 is 6.49 Å². The van der Waals surface area contributed by atoms with Crippen molar-refractivity contribution in [3.8, 4) is 0 Å². The monoisotopic (exact) mass is 432 g/mol. The molecule has 2 unspecified atom stereocenters. The first-order chi connectivity index (χ1) is 13.5. The summed E-state index contributed by atoms with van der Waals surface area (Å²) in [5.41, 5.74) is 0. The second-order valence-electron chi connectivity index (χ2n) is 7.89. The molecular weight excluding hydrogens is 391 g/mol. The van der Waals surface area contributed by atoms with Gasteiger partial charge in [-0.15, -0.1) is 0 Å². The van der Waals surface area contributed by atoms with Crippen LogP contribution in [0.15, 0.2) is 12.2 Å². The van der Waals surface area contributed by atoms with Crippen LogP contribution in [0, 0.1) is 0 Å². The highest BCUT2D eigenvalue weighted by Crippen LogP contribution is 2.50. The molecule has 1 aliphatic rings. The smallest absolute Gasteiger partial charge is 0.305 e. The van der Waals surface area contributed by atoms with Crippen LogP contribution in [0.4, 0.5) is 0 Å². The number of hydrogen-bond donors (Lipinski definition) is 1. The average Bonchev–Trinajstić information content (AvgIpc) is 3.02. The summed E-state index contributed by atoms with van der Waals surface area (Å²) in [6.45, 7) is -0.0908. The lowest BCUT2D eigenvalue weighted by atomic mass is 10.1. The summed E-state index contributed by atoms with van der Waals surface area (Å²) in [6.07, 6.45) is 22.4. The van der Waals surface area contributed by atoms with Gasteiger partial charge in [-0.1, -0.05) is 70.4 Å². The molecule has 1 heterocycles. The van der Waals surface area contributed by atoms with Gasteiger partial charge < -0.3 is 14.2 Å². The minimum atomic E-state index is -2.58. The minimum absolute atomic E-state index is 0.167. The molecule has 6 heteroatoms. The van der Waals surface area contributed by atoms with Gasteiger partial charge >= 0.3 is 5.97 Å². The van der Waals surface area contributed by atoms with Gasteiger partial charge in [0.15, 0.2) is 6.49 Å². The highest BCUT2D eigenvalue weighted by Gasteiger charge is 2.30. The maximum absolute atomic E-state index is 11.7. The fraction of sp³-hybridized carbons (Fsp3) is 0.864. The second kappa shape index (κ2) is 16.6. The molecule has 0 saturated carbocycles. The largest absolute Gasteiger partial charge is 0.463 e. The number of carbonyl (C=O) groups excluding carboxylic acids is 1. The Morgan fingerprint density at radius 2 is 1.61 bits per heavy atom. The van der Waals surface area contributed by atoms with Crippen molar-refractivity contribution in [3.63, 3.8) is 0 Å². The van der Waals surface area contributed by atoms with Crippen LogP contribution in [0.2, 0.25) is 0 Å². The predicted molar refractivity (Wildman–Crippen MR) is 121 cm³/mol. The highest BCUT2D eigenvalue weighted by atomic mass is 32.5. The zero-order valence-corrected chi connectivity index (χ0v) is 19.5. The van der Waals surface area contributed by atoms with E-state index in [0.29, 0.717) is 19.0 Å². The van der Waals surface area contributed by atoms with Gasteiger partial charge in [0.25, 0.3) is 0 Å². The van der Waals surface area contributed by atoms with Crippen LogP contribution in [0.1, 0.15) is 103 Å². The molecule has 1 aliphatic heterocycles. The predicted octanol–water partition coefficient (Wildman–Crippen LogP) is 6.66. The van der Waals surface area contributed by atoms with Crippen molar-refractivity contribution in [2.24, 2.45) is 0 Å². The molecule has 4 nitrogen and oxygen atoms in total. The highest BCUT2D eigenvalue weighted by molar-refractivity contribution is 8.09. The van der Waals surface area contributed by atoms with Gasteiger partial charge in [-0.2, -0.15) is 0 Å². The van der Waals surface area contributed by atoms with E-state index in [-0.39, 0.29) is 18.7 Å². The molecule has 0 spiro atoms. The summed E-state index contributed by atoms with van der Waals surface area (Å²) in [7, 11) is 0. The average molecular weight is 433 g/mol. The maximum Gasteiger partial charge on any atom is 0.305 e. The van der Waals surface area contributed by atoms with Crippen molar-refractivity contribution in [2.45, 2.75) is 109 Å². The van der Waals surface area contributed by atoms with Crippen molar-refractivity contribution in [3.05, 3.63) is 12.2 Å². The molecule has 164 valence electrons. The summed E-state index contributed by atoms with van der Waals surface area (Å²) in [4.78, 5) is 21.4. The van der Waals surface area contributed by atoms with Crippen LogP contribution < -0.4 is 0 Å². The zero-order chi connectivity index (χ0) is 20.5. The Morgan fingerprint density at radius 3 is 2.18 bits per heavy atom. The number of hydrogen-bond acceptors (Lipinski definition) is 4. The van der Waals surface area contributed by atoms with E-state index in [9.17, 15) is 9.69 Å². The van der Waals surface area contributed by atoms with E-state index in [2.05, 4.69) is 19.1 Å². The standard InChI is InChI=1S/C22H41O4PS/c1-2-3-4-5-6-7-8-9-10-11-12-13-14-15-16-17-22(23)25-20-21-18-19-27(24,28)26-21/h9-10,21H,2-8,11-20H2,1H3,(H,24,28)/b10-9-. The third-order valence-electron chi connectivity index (χ3n) is 5.12. The third kappa shape index (κ3) is 14.7. The van der Waals surface area contributed by atoms with Crippen molar-refractivity contribution in [1.29, 1.82) is 0 Å². The van der Waals surface area contributed by atoms with Crippen LogP contribution in [0.5, 0.6) is 0 Å². The Bertz CT molecular complexity index is 481. The van der Waals surface area contributed by atoms with Crippen molar-refractivity contribution >= 4 is 24.3 Å². The van der Waals surface area contributed by atoms with E-state index in [1.165, 1.54) is 70.6 Å². The van der Waals surface area contributed by atoms with Crippen LogP contribution in [0.25, 0.3) is 0 Å². The third-order valence-corrected chi connectivity index (χ3v) is 7.38. The van der Waals surface area contributed by atoms with E-state index >= 15 is 0 Å². The summed E-state index contributed by atoms with van der Waals surface area (Å²) >= 11 is 4.94.